The Kier molecular flexibility index (Phi) is 5.14. The molecule has 152 valence electrons. The number of aliphatic hydroxyl groups excluding tert-OH is 1. The Labute approximate surface area is 175 Å². The lowest BCUT2D eigenvalue weighted by atomic mass is 9.78. The average molecular weight is 433 g/mol. The molecule has 9 heteroatoms. The molecule has 2 N–H and O–H groups in total. The second kappa shape index (κ2) is 7.47. The summed E-state index contributed by atoms with van der Waals surface area (Å²) < 4.78 is 0. The molecular formula is C20H20N2O5S2. The van der Waals surface area contributed by atoms with Crippen molar-refractivity contribution in [3.05, 3.63) is 53.4 Å². The molecule has 2 amide bonds. The molecule has 2 aliphatic heterocycles. The van der Waals surface area contributed by atoms with E-state index in [1.165, 1.54) is 39.8 Å². The van der Waals surface area contributed by atoms with E-state index in [0.717, 1.165) is 0 Å². The second-order valence-corrected chi connectivity index (χ2v) is 9.26. The van der Waals surface area contributed by atoms with Gasteiger partial charge >= 0.3 is 5.97 Å². The molecule has 29 heavy (non-hydrogen) atoms. The quantitative estimate of drug-likeness (QED) is 0.703. The van der Waals surface area contributed by atoms with Crippen molar-refractivity contribution < 1.29 is 24.6 Å². The van der Waals surface area contributed by atoms with Crippen LogP contribution in [0.15, 0.2) is 47.8 Å². The predicted molar refractivity (Wildman–Crippen MR) is 111 cm³/mol. The van der Waals surface area contributed by atoms with E-state index in [-0.39, 0.29) is 29.5 Å². The summed E-state index contributed by atoms with van der Waals surface area (Å²) in [5, 5.41) is 23.1. The number of carboxylic acid groups (broad SMARTS) is 1. The maximum absolute atomic E-state index is 13.0. The molecule has 4 atom stereocenters. The Morgan fingerprint density at radius 2 is 1.97 bits per heavy atom. The van der Waals surface area contributed by atoms with E-state index in [1.54, 1.807) is 36.4 Å². The average Bonchev–Trinajstić information content (AvgIpc) is 3.25. The highest BCUT2D eigenvalue weighted by molar-refractivity contribution is 8.00. The number of fused-ring (bicyclic) bond motifs is 1. The molecule has 0 radical (unpaired) electrons. The SMILES string of the molecule is CC(=O)N(c1cccs1)C1C(=O)N2CC(C(=O)O)(C(O)c3ccccc3)CS[C@H]12. The van der Waals surface area contributed by atoms with Gasteiger partial charge in [-0.25, -0.2) is 0 Å². The number of hydrogen-bond donors (Lipinski definition) is 2. The van der Waals surface area contributed by atoms with Crippen LogP contribution in [0.4, 0.5) is 5.00 Å². The van der Waals surface area contributed by atoms with E-state index in [4.69, 9.17) is 0 Å². The van der Waals surface area contributed by atoms with Crippen LogP contribution >= 0.6 is 23.1 Å². The van der Waals surface area contributed by atoms with Crippen LogP contribution in [0.5, 0.6) is 0 Å². The van der Waals surface area contributed by atoms with Gasteiger partial charge in [0.15, 0.2) is 0 Å². The molecular weight excluding hydrogens is 412 g/mol. The fourth-order valence-corrected chi connectivity index (χ4v) is 6.37. The molecule has 0 bridgehead atoms. The Hall–Kier alpha value is -2.36. The number of aliphatic carboxylic acids is 1. The van der Waals surface area contributed by atoms with E-state index in [2.05, 4.69) is 0 Å². The minimum atomic E-state index is -1.51. The summed E-state index contributed by atoms with van der Waals surface area (Å²) in [5.74, 6) is -1.53. The highest BCUT2D eigenvalue weighted by Gasteiger charge is 2.61. The van der Waals surface area contributed by atoms with Gasteiger partial charge in [-0.3, -0.25) is 19.3 Å². The van der Waals surface area contributed by atoms with Gasteiger partial charge in [0.2, 0.25) is 11.8 Å². The van der Waals surface area contributed by atoms with E-state index in [1.807, 2.05) is 11.4 Å². The van der Waals surface area contributed by atoms with Crippen LogP contribution in [0.2, 0.25) is 0 Å². The van der Waals surface area contributed by atoms with Gasteiger partial charge in [-0.15, -0.1) is 23.1 Å². The number of carbonyl (C=O) groups is 3. The van der Waals surface area contributed by atoms with Crippen molar-refractivity contribution in [1.82, 2.24) is 4.90 Å². The number of aliphatic hydroxyl groups is 1. The summed E-state index contributed by atoms with van der Waals surface area (Å²) in [6.45, 7) is 1.32. The van der Waals surface area contributed by atoms with Crippen LogP contribution in [0.3, 0.4) is 0 Å². The fraction of sp³-hybridized carbons (Fsp3) is 0.350. The molecule has 1 aromatic heterocycles. The largest absolute Gasteiger partial charge is 0.481 e. The zero-order valence-corrected chi connectivity index (χ0v) is 17.2. The van der Waals surface area contributed by atoms with Gasteiger partial charge < -0.3 is 15.1 Å². The van der Waals surface area contributed by atoms with E-state index in [0.29, 0.717) is 10.6 Å². The van der Waals surface area contributed by atoms with Gasteiger partial charge in [0.25, 0.3) is 0 Å². The molecule has 2 saturated heterocycles. The molecule has 7 nitrogen and oxygen atoms in total. The topological polar surface area (TPSA) is 98.2 Å². The number of anilines is 1. The summed E-state index contributed by atoms with van der Waals surface area (Å²) in [6, 6.07) is 11.6. The lowest BCUT2D eigenvalue weighted by Crippen LogP contribution is -2.74. The first-order valence-electron chi connectivity index (χ1n) is 9.08. The number of thiophene rings is 1. The monoisotopic (exact) mass is 432 g/mol. The molecule has 2 fully saturated rings. The van der Waals surface area contributed by atoms with Crippen molar-refractivity contribution in [2.24, 2.45) is 5.41 Å². The van der Waals surface area contributed by atoms with Crippen molar-refractivity contribution in [1.29, 1.82) is 0 Å². The molecule has 2 aromatic rings. The zero-order valence-electron chi connectivity index (χ0n) is 15.6. The summed E-state index contributed by atoms with van der Waals surface area (Å²) in [4.78, 5) is 40.4. The molecule has 0 spiro atoms. The number of β-lactam (4-membered cyclic amide) rings is 1. The third kappa shape index (κ3) is 3.13. The number of hydrogen-bond acceptors (Lipinski definition) is 6. The van der Waals surface area contributed by atoms with Crippen molar-refractivity contribution in [2.45, 2.75) is 24.4 Å². The van der Waals surface area contributed by atoms with Gasteiger partial charge in [0.05, 0.1) is 11.1 Å². The van der Waals surface area contributed by atoms with Gasteiger partial charge in [-0.05, 0) is 23.1 Å². The van der Waals surface area contributed by atoms with Crippen LogP contribution in [0.25, 0.3) is 0 Å². The van der Waals surface area contributed by atoms with Gasteiger partial charge in [-0.1, -0.05) is 30.3 Å². The Balaban J connectivity index is 1.60. The van der Waals surface area contributed by atoms with E-state index in [9.17, 15) is 24.6 Å². The highest BCUT2D eigenvalue weighted by Crippen LogP contribution is 2.49. The normalized spacial score (nSPS) is 27.0. The third-order valence-electron chi connectivity index (χ3n) is 5.50. The predicted octanol–water partition coefficient (Wildman–Crippen LogP) is 2.19. The maximum Gasteiger partial charge on any atom is 0.315 e. The molecule has 0 saturated carbocycles. The number of nitrogens with zero attached hydrogens (tertiary/aromatic N) is 2. The van der Waals surface area contributed by atoms with Crippen LogP contribution < -0.4 is 4.90 Å². The lowest BCUT2D eigenvalue weighted by molar-refractivity contribution is -0.165. The third-order valence-corrected chi connectivity index (χ3v) is 7.91. The molecule has 2 aliphatic rings. The molecule has 1 aromatic carbocycles. The number of rotatable bonds is 5. The second-order valence-electron chi connectivity index (χ2n) is 7.23. The first kappa shape index (κ1) is 19.9. The van der Waals surface area contributed by atoms with Gasteiger partial charge in [0.1, 0.15) is 16.8 Å². The summed E-state index contributed by atoms with van der Waals surface area (Å²) >= 11 is 2.68. The maximum atomic E-state index is 13.0. The van der Waals surface area contributed by atoms with E-state index >= 15 is 0 Å². The minimum Gasteiger partial charge on any atom is -0.481 e. The number of carboxylic acids is 1. The first-order valence-corrected chi connectivity index (χ1v) is 11.0. The summed E-state index contributed by atoms with van der Waals surface area (Å²) in [6.07, 6.45) is -1.25. The van der Waals surface area contributed by atoms with Gasteiger partial charge in [0, 0.05) is 19.2 Å². The first-order chi connectivity index (χ1) is 13.9. The number of amides is 2. The summed E-state index contributed by atoms with van der Waals surface area (Å²) in [5.41, 5.74) is -1.00. The standard InChI is InChI=1S/C20H20N2O5S2/c1-12(23)22(14-8-5-9-28-14)15-17(25)21-10-20(19(26)27,11-29-18(15)21)16(24)13-6-3-2-4-7-13/h2-9,15-16,18,24H,10-11H2,1H3,(H,26,27)/t15?,16?,18-,20?/m1/s1. The molecule has 4 rings (SSSR count). The van der Waals surface area contributed by atoms with Crippen molar-refractivity contribution in [2.75, 3.05) is 17.2 Å². The van der Waals surface area contributed by atoms with Crippen molar-refractivity contribution >= 4 is 45.9 Å². The smallest absolute Gasteiger partial charge is 0.315 e. The van der Waals surface area contributed by atoms with E-state index < -0.39 is 23.5 Å². The summed E-state index contributed by atoms with van der Waals surface area (Å²) in [7, 11) is 0. The molecule has 3 unspecified atom stereocenters. The molecule has 0 aliphatic carbocycles. The number of thioether (sulfide) groups is 1. The minimum absolute atomic E-state index is 0.0957. The van der Waals surface area contributed by atoms with Crippen molar-refractivity contribution in [3.8, 4) is 0 Å². The Morgan fingerprint density at radius 1 is 1.24 bits per heavy atom. The van der Waals surface area contributed by atoms with Crippen LogP contribution in [0.1, 0.15) is 18.6 Å². The van der Waals surface area contributed by atoms with Crippen LogP contribution in [-0.4, -0.2) is 56.6 Å². The lowest BCUT2D eigenvalue weighted by Gasteiger charge is -2.56. The zero-order chi connectivity index (χ0) is 20.8. The van der Waals surface area contributed by atoms with Gasteiger partial charge in [-0.2, -0.15) is 0 Å². The van der Waals surface area contributed by atoms with Crippen LogP contribution in [-0.2, 0) is 14.4 Å². The Morgan fingerprint density at radius 3 is 2.55 bits per heavy atom. The van der Waals surface area contributed by atoms with Crippen molar-refractivity contribution in [3.63, 3.8) is 0 Å². The highest BCUT2D eigenvalue weighted by atomic mass is 32.2. The Bertz CT molecular complexity index is 936. The number of benzene rings is 1. The van der Waals surface area contributed by atoms with Crippen LogP contribution in [0, 0.1) is 5.41 Å². The molecule has 3 heterocycles. The fourth-order valence-electron chi connectivity index (χ4n) is 3.94. The number of carbonyl (C=O) groups excluding carboxylic acids is 2.